The van der Waals surface area contributed by atoms with E-state index >= 15 is 0 Å². The number of hydrogen-bond donors (Lipinski definition) is 2. The Labute approximate surface area is 173 Å². The zero-order chi connectivity index (χ0) is 21.4. The molecule has 1 aliphatic heterocycles. The van der Waals surface area contributed by atoms with E-state index in [2.05, 4.69) is 5.32 Å². The quantitative estimate of drug-likeness (QED) is 0.687. The number of piperazine rings is 1. The van der Waals surface area contributed by atoms with Crippen LogP contribution in [0.1, 0.15) is 10.4 Å². The fraction of sp³-hybridized carbons (Fsp3) is 0.273. The Hall–Kier alpha value is -3.39. The van der Waals surface area contributed by atoms with Crippen molar-refractivity contribution in [2.75, 3.05) is 50.1 Å². The van der Waals surface area contributed by atoms with E-state index in [4.69, 9.17) is 0 Å². The van der Waals surface area contributed by atoms with E-state index in [1.165, 1.54) is 6.20 Å². The van der Waals surface area contributed by atoms with Gasteiger partial charge in [-0.25, -0.2) is 9.18 Å². The lowest BCUT2D eigenvalue weighted by molar-refractivity contribution is 0.0695. The molecule has 2 heterocycles. The molecule has 0 amide bonds. The van der Waals surface area contributed by atoms with Crippen LogP contribution in [0, 0.1) is 5.82 Å². The van der Waals surface area contributed by atoms with Crippen molar-refractivity contribution in [2.45, 2.75) is 0 Å². The van der Waals surface area contributed by atoms with E-state index in [0.717, 1.165) is 24.8 Å². The predicted octanol–water partition coefficient (Wildman–Crippen LogP) is 2.30. The zero-order valence-electron chi connectivity index (χ0n) is 16.9. The molecule has 0 unspecified atom stereocenters. The van der Waals surface area contributed by atoms with Crippen LogP contribution in [0.3, 0.4) is 0 Å². The molecule has 1 aliphatic rings. The molecule has 0 radical (unpaired) electrons. The SMILES string of the molecule is CN(C)c1ccc(-n2cc(C(=O)O)c(=O)c3cc(F)c(N4CCNCC4)cc32)cc1. The number of halogens is 1. The van der Waals surface area contributed by atoms with Crippen LogP contribution in [-0.2, 0) is 0 Å². The predicted molar refractivity (Wildman–Crippen MR) is 116 cm³/mol. The van der Waals surface area contributed by atoms with Gasteiger partial charge in [-0.3, -0.25) is 4.79 Å². The number of benzene rings is 2. The average Bonchev–Trinajstić information content (AvgIpc) is 2.74. The van der Waals surface area contributed by atoms with Crippen molar-refractivity contribution in [3.05, 3.63) is 64.2 Å². The van der Waals surface area contributed by atoms with Crippen LogP contribution in [0.5, 0.6) is 0 Å². The van der Waals surface area contributed by atoms with Crippen LogP contribution in [0.2, 0.25) is 0 Å². The number of aromatic carboxylic acids is 1. The molecule has 1 saturated heterocycles. The van der Waals surface area contributed by atoms with Crippen molar-refractivity contribution in [3.63, 3.8) is 0 Å². The normalized spacial score (nSPS) is 14.2. The van der Waals surface area contributed by atoms with Crippen molar-refractivity contribution < 1.29 is 14.3 Å². The van der Waals surface area contributed by atoms with E-state index in [1.54, 1.807) is 10.6 Å². The molecule has 0 bridgehead atoms. The molecule has 30 heavy (non-hydrogen) atoms. The Bertz CT molecular complexity index is 1170. The Morgan fingerprint density at radius 1 is 1.13 bits per heavy atom. The Balaban J connectivity index is 1.97. The molecule has 0 saturated carbocycles. The lowest BCUT2D eigenvalue weighted by atomic mass is 10.1. The van der Waals surface area contributed by atoms with Gasteiger partial charge in [0.25, 0.3) is 0 Å². The van der Waals surface area contributed by atoms with E-state index < -0.39 is 22.8 Å². The minimum absolute atomic E-state index is 0.0444. The third-order valence-electron chi connectivity index (χ3n) is 5.40. The van der Waals surface area contributed by atoms with Crippen LogP contribution >= 0.6 is 0 Å². The zero-order valence-corrected chi connectivity index (χ0v) is 16.9. The van der Waals surface area contributed by atoms with Gasteiger partial charge in [-0.05, 0) is 36.4 Å². The first-order valence-electron chi connectivity index (χ1n) is 9.72. The van der Waals surface area contributed by atoms with E-state index in [9.17, 15) is 19.1 Å². The van der Waals surface area contributed by atoms with E-state index in [-0.39, 0.29) is 5.39 Å². The lowest BCUT2D eigenvalue weighted by Crippen LogP contribution is -2.43. The Morgan fingerprint density at radius 2 is 1.80 bits per heavy atom. The molecule has 0 atom stereocenters. The second kappa shape index (κ2) is 7.79. The van der Waals surface area contributed by atoms with Crippen molar-refractivity contribution in [1.82, 2.24) is 9.88 Å². The average molecular weight is 410 g/mol. The molecule has 3 aromatic rings. The van der Waals surface area contributed by atoms with Crippen molar-refractivity contribution in [3.8, 4) is 5.69 Å². The highest BCUT2D eigenvalue weighted by Crippen LogP contribution is 2.28. The van der Waals surface area contributed by atoms with Gasteiger partial charge in [0.15, 0.2) is 0 Å². The molecule has 0 spiro atoms. The number of anilines is 2. The highest BCUT2D eigenvalue weighted by molar-refractivity contribution is 5.94. The first-order valence-corrected chi connectivity index (χ1v) is 9.72. The molecule has 7 nitrogen and oxygen atoms in total. The summed E-state index contributed by atoms with van der Waals surface area (Å²) in [5.74, 6) is -1.87. The summed E-state index contributed by atoms with van der Waals surface area (Å²) in [4.78, 5) is 28.3. The largest absolute Gasteiger partial charge is 0.477 e. The molecule has 8 heteroatoms. The van der Waals surface area contributed by atoms with Crippen molar-refractivity contribution >= 4 is 28.2 Å². The molecule has 0 aliphatic carbocycles. The van der Waals surface area contributed by atoms with Gasteiger partial charge < -0.3 is 24.8 Å². The maximum Gasteiger partial charge on any atom is 0.341 e. The number of pyridine rings is 1. The molecule has 2 N–H and O–H groups in total. The summed E-state index contributed by atoms with van der Waals surface area (Å²) in [5, 5.41) is 12.8. The van der Waals surface area contributed by atoms with Crippen LogP contribution in [0.15, 0.2) is 47.4 Å². The minimum atomic E-state index is -1.34. The fourth-order valence-electron chi connectivity index (χ4n) is 3.76. The maximum absolute atomic E-state index is 14.9. The molecule has 2 aromatic carbocycles. The lowest BCUT2D eigenvalue weighted by Gasteiger charge is -2.30. The molecule has 156 valence electrons. The Kier molecular flexibility index (Phi) is 5.17. The summed E-state index contributed by atoms with van der Waals surface area (Å²) in [7, 11) is 3.85. The number of aromatic nitrogens is 1. The number of fused-ring (bicyclic) bond motifs is 1. The first kappa shape index (κ1) is 19.9. The van der Waals surface area contributed by atoms with Crippen molar-refractivity contribution in [2.24, 2.45) is 0 Å². The topological polar surface area (TPSA) is 77.8 Å². The van der Waals surface area contributed by atoms with E-state index in [0.29, 0.717) is 30.0 Å². The standard InChI is InChI=1S/C22H23FN4O3/c1-25(2)14-3-5-15(6-4-14)27-13-17(22(29)30)21(28)16-11-18(23)20(12-19(16)27)26-9-7-24-8-10-26/h3-6,11-13,24H,7-10H2,1-2H3,(H,29,30). The summed E-state index contributed by atoms with van der Waals surface area (Å²) in [6.45, 7) is 2.79. The number of nitrogens with one attached hydrogen (secondary N) is 1. The monoisotopic (exact) mass is 410 g/mol. The van der Waals surface area contributed by atoms with Crippen LogP contribution < -0.4 is 20.5 Å². The third kappa shape index (κ3) is 3.50. The van der Waals surface area contributed by atoms with Gasteiger partial charge in [-0.1, -0.05) is 0 Å². The third-order valence-corrected chi connectivity index (χ3v) is 5.40. The molecule has 1 fully saturated rings. The van der Waals surface area contributed by atoms with Gasteiger partial charge in [0.2, 0.25) is 5.43 Å². The van der Waals surface area contributed by atoms with Crippen LogP contribution in [-0.4, -0.2) is 55.9 Å². The highest BCUT2D eigenvalue weighted by Gasteiger charge is 2.21. The Morgan fingerprint density at radius 3 is 2.40 bits per heavy atom. The van der Waals surface area contributed by atoms with Gasteiger partial charge in [-0.15, -0.1) is 0 Å². The summed E-state index contributed by atoms with van der Waals surface area (Å²) < 4.78 is 16.6. The minimum Gasteiger partial charge on any atom is -0.477 e. The van der Waals surface area contributed by atoms with Crippen molar-refractivity contribution in [1.29, 1.82) is 0 Å². The maximum atomic E-state index is 14.9. The van der Waals surface area contributed by atoms with Gasteiger partial charge in [-0.2, -0.15) is 0 Å². The molecule has 1 aromatic heterocycles. The second-order valence-corrected chi connectivity index (χ2v) is 7.52. The van der Waals surface area contributed by atoms with Crippen LogP contribution in [0.25, 0.3) is 16.6 Å². The number of carboxylic acid groups (broad SMARTS) is 1. The van der Waals surface area contributed by atoms with Gasteiger partial charge in [0.05, 0.1) is 11.2 Å². The summed E-state index contributed by atoms with van der Waals surface area (Å²) >= 11 is 0. The number of rotatable bonds is 4. The number of carboxylic acids is 1. The molecule has 4 rings (SSSR count). The molecular weight excluding hydrogens is 387 g/mol. The van der Waals surface area contributed by atoms with Gasteiger partial charge in [0.1, 0.15) is 11.4 Å². The summed E-state index contributed by atoms with van der Waals surface area (Å²) in [6.07, 6.45) is 1.32. The summed E-state index contributed by atoms with van der Waals surface area (Å²) in [5.41, 5.74) is 1.46. The summed E-state index contributed by atoms with van der Waals surface area (Å²) in [6, 6.07) is 10.3. The highest BCUT2D eigenvalue weighted by atomic mass is 19.1. The number of hydrogen-bond acceptors (Lipinski definition) is 5. The fourth-order valence-corrected chi connectivity index (χ4v) is 3.76. The molecular formula is C22H23FN4O3. The van der Waals surface area contributed by atoms with Crippen LogP contribution in [0.4, 0.5) is 15.8 Å². The van der Waals surface area contributed by atoms with Gasteiger partial charge in [0, 0.05) is 63.2 Å². The second-order valence-electron chi connectivity index (χ2n) is 7.52. The van der Waals surface area contributed by atoms with Gasteiger partial charge >= 0.3 is 5.97 Å². The smallest absolute Gasteiger partial charge is 0.341 e. The first-order chi connectivity index (χ1) is 14.4. The number of carbonyl (C=O) groups is 1. The van der Waals surface area contributed by atoms with E-state index in [1.807, 2.05) is 48.2 Å². The number of nitrogens with zero attached hydrogens (tertiary/aromatic N) is 3.